The maximum atomic E-state index is 12.4. The lowest BCUT2D eigenvalue weighted by atomic mass is 10.1. The first-order valence-corrected chi connectivity index (χ1v) is 8.36. The van der Waals surface area contributed by atoms with Crippen molar-refractivity contribution in [3.63, 3.8) is 0 Å². The molecule has 21 heavy (non-hydrogen) atoms. The number of fused-ring (bicyclic) bond motifs is 1. The van der Waals surface area contributed by atoms with Crippen LogP contribution in [0.2, 0.25) is 0 Å². The molecule has 1 aliphatic carbocycles. The van der Waals surface area contributed by atoms with Gasteiger partial charge in [-0.15, -0.1) is 0 Å². The Bertz CT molecular complexity index is 713. The molecule has 4 nitrogen and oxygen atoms in total. The molecule has 0 saturated carbocycles. The van der Waals surface area contributed by atoms with Gasteiger partial charge in [0.2, 0.25) is 10.0 Å². The summed E-state index contributed by atoms with van der Waals surface area (Å²) in [5.41, 5.74) is 3.11. The number of aliphatic hydroxyl groups is 1. The van der Waals surface area contributed by atoms with Crippen LogP contribution in [-0.4, -0.2) is 19.6 Å². The molecule has 0 atom stereocenters. The highest BCUT2D eigenvalue weighted by Crippen LogP contribution is 2.23. The van der Waals surface area contributed by atoms with Crippen LogP contribution in [0.4, 0.5) is 0 Å². The van der Waals surface area contributed by atoms with Gasteiger partial charge in [-0.3, -0.25) is 0 Å². The largest absolute Gasteiger partial charge is 0.392 e. The molecule has 0 radical (unpaired) electrons. The quantitative estimate of drug-likeness (QED) is 0.902. The lowest BCUT2D eigenvalue weighted by Gasteiger charge is -2.13. The van der Waals surface area contributed by atoms with Crippen molar-refractivity contribution >= 4 is 10.0 Å². The zero-order valence-corrected chi connectivity index (χ0v) is 12.3. The summed E-state index contributed by atoms with van der Waals surface area (Å²) in [6.45, 7) is -0.0916. The Kier molecular flexibility index (Phi) is 3.80. The normalized spacial score (nSPS) is 15.1. The van der Waals surface area contributed by atoms with Gasteiger partial charge in [0.15, 0.2) is 0 Å². The maximum absolute atomic E-state index is 12.4. The molecule has 0 unspecified atom stereocenters. The molecule has 1 aliphatic rings. The van der Waals surface area contributed by atoms with Gasteiger partial charge >= 0.3 is 0 Å². The molecule has 2 N–H and O–H groups in total. The zero-order chi connectivity index (χ0) is 14.9. The summed E-state index contributed by atoms with van der Waals surface area (Å²) in [5, 5.41) is 9.00. The Labute approximate surface area is 124 Å². The third-order valence-electron chi connectivity index (χ3n) is 3.79. The van der Waals surface area contributed by atoms with Crippen LogP contribution in [0.5, 0.6) is 0 Å². The van der Waals surface area contributed by atoms with E-state index in [9.17, 15) is 8.42 Å². The molecule has 0 amide bonds. The van der Waals surface area contributed by atoms with Crippen LogP contribution in [0.25, 0.3) is 0 Å². The van der Waals surface area contributed by atoms with E-state index in [4.69, 9.17) is 5.11 Å². The molecule has 0 aliphatic heterocycles. The molecule has 0 bridgehead atoms. The van der Waals surface area contributed by atoms with Gasteiger partial charge < -0.3 is 5.11 Å². The molecule has 0 heterocycles. The Hall–Kier alpha value is -1.69. The minimum atomic E-state index is -3.52. The molecule has 0 spiro atoms. The number of hydrogen-bond donors (Lipinski definition) is 2. The number of rotatable bonds is 4. The Morgan fingerprint density at radius 3 is 2.10 bits per heavy atom. The van der Waals surface area contributed by atoms with Crippen molar-refractivity contribution in [3.05, 3.63) is 65.2 Å². The van der Waals surface area contributed by atoms with E-state index >= 15 is 0 Å². The van der Waals surface area contributed by atoms with Gasteiger partial charge in [-0.1, -0.05) is 36.4 Å². The third-order valence-corrected chi connectivity index (χ3v) is 5.33. The SMILES string of the molecule is O=S(=O)(NC1Cc2ccccc2C1)c1ccc(CO)cc1. The summed E-state index contributed by atoms with van der Waals surface area (Å²) < 4.78 is 27.5. The minimum Gasteiger partial charge on any atom is -0.392 e. The van der Waals surface area contributed by atoms with Gasteiger partial charge in [0.25, 0.3) is 0 Å². The van der Waals surface area contributed by atoms with Crippen molar-refractivity contribution in [2.24, 2.45) is 0 Å². The average Bonchev–Trinajstić information content (AvgIpc) is 2.88. The molecule has 0 fully saturated rings. The maximum Gasteiger partial charge on any atom is 0.240 e. The monoisotopic (exact) mass is 303 g/mol. The van der Waals surface area contributed by atoms with E-state index in [-0.39, 0.29) is 17.5 Å². The molecular weight excluding hydrogens is 286 g/mol. The first kappa shape index (κ1) is 14.3. The fraction of sp³-hybridized carbons (Fsp3) is 0.250. The van der Waals surface area contributed by atoms with Gasteiger partial charge in [0.05, 0.1) is 11.5 Å². The van der Waals surface area contributed by atoms with Crippen LogP contribution in [0.1, 0.15) is 16.7 Å². The highest BCUT2D eigenvalue weighted by molar-refractivity contribution is 7.89. The standard InChI is InChI=1S/C16H17NO3S/c18-11-12-5-7-16(8-6-12)21(19,20)17-15-9-13-3-1-2-4-14(13)10-15/h1-8,15,17-18H,9-11H2. The first-order chi connectivity index (χ1) is 10.1. The second-order valence-electron chi connectivity index (χ2n) is 5.30. The van der Waals surface area contributed by atoms with E-state index in [0.717, 1.165) is 12.8 Å². The number of benzene rings is 2. The Morgan fingerprint density at radius 2 is 1.57 bits per heavy atom. The highest BCUT2D eigenvalue weighted by Gasteiger charge is 2.26. The van der Waals surface area contributed by atoms with Gasteiger partial charge in [0, 0.05) is 6.04 Å². The Morgan fingerprint density at radius 1 is 1.00 bits per heavy atom. The molecule has 5 heteroatoms. The van der Waals surface area contributed by atoms with E-state index in [0.29, 0.717) is 5.56 Å². The third kappa shape index (κ3) is 3.00. The van der Waals surface area contributed by atoms with Crippen molar-refractivity contribution in [2.75, 3.05) is 0 Å². The van der Waals surface area contributed by atoms with Crippen LogP contribution in [0.15, 0.2) is 53.4 Å². The highest BCUT2D eigenvalue weighted by atomic mass is 32.2. The average molecular weight is 303 g/mol. The molecule has 110 valence electrons. The molecular formula is C16H17NO3S. The predicted molar refractivity (Wildman–Crippen MR) is 80.3 cm³/mol. The van der Waals surface area contributed by atoms with Crippen molar-refractivity contribution < 1.29 is 13.5 Å². The molecule has 0 aromatic heterocycles. The number of hydrogen-bond acceptors (Lipinski definition) is 3. The van der Waals surface area contributed by atoms with E-state index in [1.165, 1.54) is 23.3 Å². The Balaban J connectivity index is 1.75. The minimum absolute atomic E-state index is 0.0916. The van der Waals surface area contributed by atoms with Gasteiger partial charge in [0.1, 0.15) is 0 Å². The van der Waals surface area contributed by atoms with Crippen LogP contribution in [-0.2, 0) is 29.5 Å². The van der Waals surface area contributed by atoms with Gasteiger partial charge in [-0.25, -0.2) is 13.1 Å². The van der Waals surface area contributed by atoms with Gasteiger partial charge in [-0.2, -0.15) is 0 Å². The van der Waals surface area contributed by atoms with Crippen LogP contribution in [0.3, 0.4) is 0 Å². The molecule has 2 aromatic rings. The summed E-state index contributed by atoms with van der Waals surface area (Å²) >= 11 is 0. The van der Waals surface area contributed by atoms with Crippen molar-refractivity contribution in [1.29, 1.82) is 0 Å². The number of nitrogens with one attached hydrogen (secondary N) is 1. The molecule has 0 saturated heterocycles. The van der Waals surface area contributed by atoms with Crippen molar-refractivity contribution in [3.8, 4) is 0 Å². The smallest absolute Gasteiger partial charge is 0.240 e. The van der Waals surface area contributed by atoms with E-state index in [1.54, 1.807) is 12.1 Å². The van der Waals surface area contributed by atoms with Crippen LogP contribution in [0, 0.1) is 0 Å². The number of sulfonamides is 1. The van der Waals surface area contributed by atoms with Crippen LogP contribution < -0.4 is 4.72 Å². The molecule has 2 aromatic carbocycles. The summed E-state index contributed by atoms with van der Waals surface area (Å²) in [4.78, 5) is 0.232. The summed E-state index contributed by atoms with van der Waals surface area (Å²) in [6.07, 6.45) is 1.45. The fourth-order valence-corrected chi connectivity index (χ4v) is 3.94. The van der Waals surface area contributed by atoms with E-state index in [2.05, 4.69) is 4.72 Å². The van der Waals surface area contributed by atoms with Crippen molar-refractivity contribution in [2.45, 2.75) is 30.4 Å². The zero-order valence-electron chi connectivity index (χ0n) is 11.5. The molecule has 3 rings (SSSR count). The van der Waals surface area contributed by atoms with Crippen LogP contribution >= 0.6 is 0 Å². The predicted octanol–water partition coefficient (Wildman–Crippen LogP) is 1.62. The fourth-order valence-electron chi connectivity index (χ4n) is 2.70. The summed E-state index contributed by atoms with van der Waals surface area (Å²) in [5.74, 6) is 0. The van der Waals surface area contributed by atoms with E-state index < -0.39 is 10.0 Å². The first-order valence-electron chi connectivity index (χ1n) is 6.87. The van der Waals surface area contributed by atoms with E-state index in [1.807, 2.05) is 24.3 Å². The second kappa shape index (κ2) is 5.60. The lowest BCUT2D eigenvalue weighted by Crippen LogP contribution is -2.35. The van der Waals surface area contributed by atoms with Crippen molar-refractivity contribution in [1.82, 2.24) is 4.72 Å². The summed E-state index contributed by atoms with van der Waals surface area (Å²) in [6, 6.07) is 14.2. The lowest BCUT2D eigenvalue weighted by molar-refractivity contribution is 0.282. The van der Waals surface area contributed by atoms with Gasteiger partial charge in [-0.05, 0) is 41.7 Å². The summed E-state index contributed by atoms with van der Waals surface area (Å²) in [7, 11) is -3.52. The number of aliphatic hydroxyl groups excluding tert-OH is 1. The topological polar surface area (TPSA) is 66.4 Å². The second-order valence-corrected chi connectivity index (χ2v) is 7.01.